The van der Waals surface area contributed by atoms with Crippen molar-refractivity contribution in [3.05, 3.63) is 0 Å². The van der Waals surface area contributed by atoms with Crippen LogP contribution in [-0.4, -0.2) is 24.6 Å². The molecular weight excluding hydrogens is 166 g/mol. The van der Waals surface area contributed by atoms with Gasteiger partial charge in [-0.3, -0.25) is 0 Å². The van der Waals surface area contributed by atoms with Crippen molar-refractivity contribution in [2.45, 2.75) is 38.6 Å². The minimum Gasteiger partial charge on any atom is -0.317 e. The van der Waals surface area contributed by atoms with Gasteiger partial charge in [0.15, 0.2) is 0 Å². The van der Waals surface area contributed by atoms with Crippen LogP contribution >= 0.6 is 11.8 Å². The van der Waals surface area contributed by atoms with E-state index in [-0.39, 0.29) is 0 Å². The first-order valence-electron chi connectivity index (χ1n) is 5.11. The van der Waals surface area contributed by atoms with Crippen LogP contribution in [0.5, 0.6) is 0 Å². The molecule has 0 saturated heterocycles. The molecule has 1 aliphatic rings. The van der Waals surface area contributed by atoms with Gasteiger partial charge in [-0.1, -0.05) is 6.92 Å². The third-order valence-corrected chi connectivity index (χ3v) is 3.76. The highest BCUT2D eigenvalue weighted by molar-refractivity contribution is 7.99. The summed E-state index contributed by atoms with van der Waals surface area (Å²) in [6, 6.07) is 0.821. The molecular formula is C10H21NS. The van der Waals surface area contributed by atoms with Crippen molar-refractivity contribution < 1.29 is 0 Å². The first-order valence-corrected chi connectivity index (χ1v) is 6.27. The van der Waals surface area contributed by atoms with E-state index in [2.05, 4.69) is 31.1 Å². The van der Waals surface area contributed by atoms with E-state index in [0.717, 1.165) is 12.0 Å². The van der Waals surface area contributed by atoms with Gasteiger partial charge in [0.05, 0.1) is 0 Å². The molecule has 2 heteroatoms. The Morgan fingerprint density at radius 3 is 2.83 bits per heavy atom. The summed E-state index contributed by atoms with van der Waals surface area (Å²) in [7, 11) is 2.09. The van der Waals surface area contributed by atoms with Crippen molar-refractivity contribution in [3.8, 4) is 0 Å². The Morgan fingerprint density at radius 1 is 1.42 bits per heavy atom. The third-order valence-electron chi connectivity index (χ3n) is 2.82. The Hall–Kier alpha value is 0.310. The molecule has 0 spiro atoms. The summed E-state index contributed by atoms with van der Waals surface area (Å²) < 4.78 is 0. The maximum Gasteiger partial charge on any atom is 0.00668 e. The fourth-order valence-corrected chi connectivity index (χ4v) is 2.78. The van der Waals surface area contributed by atoms with E-state index in [4.69, 9.17) is 0 Å². The van der Waals surface area contributed by atoms with E-state index >= 15 is 0 Å². The zero-order valence-corrected chi connectivity index (χ0v) is 9.12. The summed E-state index contributed by atoms with van der Waals surface area (Å²) in [6.45, 7) is 2.25. The Kier molecular flexibility index (Phi) is 5.08. The fourth-order valence-electron chi connectivity index (χ4n) is 1.99. The smallest absolute Gasteiger partial charge is 0.00668 e. The van der Waals surface area contributed by atoms with Crippen LogP contribution in [0, 0.1) is 5.92 Å². The average Bonchev–Trinajstić information content (AvgIpc) is 2.53. The van der Waals surface area contributed by atoms with E-state index in [9.17, 15) is 0 Å². The second kappa shape index (κ2) is 5.87. The maximum atomic E-state index is 3.38. The summed E-state index contributed by atoms with van der Waals surface area (Å²) in [5.74, 6) is 3.67. The van der Waals surface area contributed by atoms with E-state index in [1.54, 1.807) is 0 Å². The minimum absolute atomic E-state index is 0.821. The molecule has 0 aromatic rings. The van der Waals surface area contributed by atoms with Crippen LogP contribution in [0.2, 0.25) is 0 Å². The maximum absolute atomic E-state index is 3.38. The zero-order chi connectivity index (χ0) is 8.81. The molecule has 0 aliphatic heterocycles. The monoisotopic (exact) mass is 187 g/mol. The quantitative estimate of drug-likeness (QED) is 0.664. The minimum atomic E-state index is 0.821. The van der Waals surface area contributed by atoms with Crippen molar-refractivity contribution in [3.63, 3.8) is 0 Å². The van der Waals surface area contributed by atoms with E-state index in [0.29, 0.717) is 0 Å². The topological polar surface area (TPSA) is 12.0 Å². The summed E-state index contributed by atoms with van der Waals surface area (Å²) in [4.78, 5) is 0. The molecule has 1 aliphatic carbocycles. The Labute approximate surface area is 80.7 Å². The molecule has 1 saturated carbocycles. The van der Waals surface area contributed by atoms with Crippen molar-refractivity contribution in [2.24, 2.45) is 5.92 Å². The van der Waals surface area contributed by atoms with Crippen molar-refractivity contribution >= 4 is 11.8 Å². The zero-order valence-electron chi connectivity index (χ0n) is 8.31. The van der Waals surface area contributed by atoms with Crippen LogP contribution < -0.4 is 5.32 Å². The van der Waals surface area contributed by atoms with E-state index in [1.165, 1.54) is 37.2 Å². The molecule has 1 N–H and O–H groups in total. The van der Waals surface area contributed by atoms with Crippen molar-refractivity contribution in [2.75, 3.05) is 18.6 Å². The largest absolute Gasteiger partial charge is 0.317 e. The van der Waals surface area contributed by atoms with Crippen molar-refractivity contribution in [1.82, 2.24) is 5.32 Å². The number of hydrogen-bond acceptors (Lipinski definition) is 2. The van der Waals surface area contributed by atoms with Gasteiger partial charge < -0.3 is 5.32 Å². The molecule has 0 radical (unpaired) electrons. The number of thioether (sulfide) groups is 1. The van der Waals surface area contributed by atoms with Crippen LogP contribution in [0.4, 0.5) is 0 Å². The highest BCUT2D eigenvalue weighted by Gasteiger charge is 2.22. The van der Waals surface area contributed by atoms with Gasteiger partial charge in [0.1, 0.15) is 0 Å². The summed E-state index contributed by atoms with van der Waals surface area (Å²) in [6.07, 6.45) is 5.71. The van der Waals surface area contributed by atoms with Gasteiger partial charge in [-0.2, -0.15) is 11.8 Å². The lowest BCUT2D eigenvalue weighted by molar-refractivity contribution is 0.502. The third kappa shape index (κ3) is 3.36. The van der Waals surface area contributed by atoms with Gasteiger partial charge in [-0.25, -0.2) is 0 Å². The number of nitrogens with one attached hydrogen (secondary N) is 1. The van der Waals surface area contributed by atoms with Crippen LogP contribution in [0.1, 0.15) is 32.6 Å². The normalized spacial score (nSPS) is 29.5. The molecule has 0 aromatic carbocycles. The van der Waals surface area contributed by atoms with Gasteiger partial charge >= 0.3 is 0 Å². The van der Waals surface area contributed by atoms with Crippen LogP contribution in [0.3, 0.4) is 0 Å². The van der Waals surface area contributed by atoms with Gasteiger partial charge in [0.2, 0.25) is 0 Å². The molecule has 72 valence electrons. The molecule has 2 atom stereocenters. The van der Waals surface area contributed by atoms with Gasteiger partial charge in [-0.05, 0) is 50.2 Å². The average molecular weight is 187 g/mol. The summed E-state index contributed by atoms with van der Waals surface area (Å²) >= 11 is 2.08. The predicted molar refractivity (Wildman–Crippen MR) is 57.8 cm³/mol. The molecule has 0 heterocycles. The molecule has 0 aromatic heterocycles. The second-order valence-corrected chi connectivity index (χ2v) is 5.04. The first kappa shape index (κ1) is 10.4. The lowest BCUT2D eigenvalue weighted by Gasteiger charge is -2.09. The van der Waals surface area contributed by atoms with E-state index < -0.39 is 0 Å². The lowest BCUT2D eigenvalue weighted by Crippen LogP contribution is -2.21. The number of hydrogen-bond donors (Lipinski definition) is 1. The molecule has 0 amide bonds. The molecule has 0 bridgehead atoms. The highest BCUT2D eigenvalue weighted by atomic mass is 32.2. The lowest BCUT2D eigenvalue weighted by atomic mass is 10.1. The van der Waals surface area contributed by atoms with Crippen LogP contribution in [0.15, 0.2) is 0 Å². The van der Waals surface area contributed by atoms with E-state index in [1.807, 2.05) is 0 Å². The SMILES string of the molecule is CCSCCC1CCC(NC)C1. The van der Waals surface area contributed by atoms with Crippen LogP contribution in [0.25, 0.3) is 0 Å². The standard InChI is InChI=1S/C10H21NS/c1-3-12-7-6-9-4-5-10(8-9)11-2/h9-11H,3-8H2,1-2H3. The predicted octanol–water partition coefficient (Wildman–Crippen LogP) is 2.52. The van der Waals surface area contributed by atoms with Gasteiger partial charge in [0, 0.05) is 6.04 Å². The number of rotatable bonds is 5. The van der Waals surface area contributed by atoms with Gasteiger partial charge in [0.25, 0.3) is 0 Å². The molecule has 1 fully saturated rings. The van der Waals surface area contributed by atoms with Gasteiger partial charge in [-0.15, -0.1) is 0 Å². The van der Waals surface area contributed by atoms with Crippen LogP contribution in [-0.2, 0) is 0 Å². The summed E-state index contributed by atoms with van der Waals surface area (Å²) in [5, 5.41) is 3.38. The highest BCUT2D eigenvalue weighted by Crippen LogP contribution is 2.28. The first-order chi connectivity index (χ1) is 5.86. The Bertz CT molecular complexity index is 116. The molecule has 2 unspecified atom stereocenters. The molecule has 1 rings (SSSR count). The second-order valence-electron chi connectivity index (χ2n) is 3.65. The Morgan fingerprint density at radius 2 is 2.25 bits per heavy atom. The molecule has 12 heavy (non-hydrogen) atoms. The van der Waals surface area contributed by atoms with Crippen molar-refractivity contribution in [1.29, 1.82) is 0 Å². The Balaban J connectivity index is 2.03. The molecule has 1 nitrogen and oxygen atoms in total. The summed E-state index contributed by atoms with van der Waals surface area (Å²) in [5.41, 5.74) is 0. The fraction of sp³-hybridized carbons (Fsp3) is 1.00.